The number of carbonyl (C=O) groups excluding carboxylic acids is 2. The van der Waals surface area contributed by atoms with Gasteiger partial charge in [0.05, 0.1) is 29.0 Å². The summed E-state index contributed by atoms with van der Waals surface area (Å²) in [5.74, 6) is -1.78. The van der Waals surface area contributed by atoms with Crippen LogP contribution in [0.2, 0.25) is 0 Å². The highest BCUT2D eigenvalue weighted by Gasteiger charge is 2.42. The van der Waals surface area contributed by atoms with E-state index in [2.05, 4.69) is 11.1 Å². The molecule has 11 nitrogen and oxygen atoms in total. The predicted molar refractivity (Wildman–Crippen MR) is 165 cm³/mol. The van der Waals surface area contributed by atoms with Gasteiger partial charge in [0.1, 0.15) is 12.4 Å². The largest absolute Gasteiger partial charge is 0.483 e. The number of halogens is 3. The van der Waals surface area contributed by atoms with E-state index in [0.29, 0.717) is 34.6 Å². The number of benzene rings is 1. The minimum Gasteiger partial charge on any atom is -0.483 e. The number of carboxylic acid groups (broad SMARTS) is 1. The molecule has 14 heteroatoms. The lowest BCUT2D eigenvalue weighted by Gasteiger charge is -2.22. The molecule has 0 bridgehead atoms. The molecule has 2 aromatic heterocycles. The highest BCUT2D eigenvalue weighted by atomic mass is 19.3. The number of fused-ring (bicyclic) bond motifs is 5. The number of hydrogen-bond donors (Lipinski definition) is 4. The molecular weight excluding hydrogens is 609 g/mol. The summed E-state index contributed by atoms with van der Waals surface area (Å²) in [7, 11) is 1.30. The van der Waals surface area contributed by atoms with Gasteiger partial charge >= 0.3 is 12.4 Å². The van der Waals surface area contributed by atoms with Gasteiger partial charge in [0.25, 0.3) is 17.9 Å². The normalized spacial score (nSPS) is 16.1. The minimum atomic E-state index is -2.73. The molecule has 0 spiro atoms. The Kier molecular flexibility index (Phi) is 13.0. The summed E-state index contributed by atoms with van der Waals surface area (Å²) in [6.45, 7) is 10.9. The van der Waals surface area contributed by atoms with Crippen molar-refractivity contribution in [3.05, 3.63) is 61.7 Å². The molecule has 1 aliphatic carbocycles. The van der Waals surface area contributed by atoms with Crippen LogP contribution in [0.25, 0.3) is 22.3 Å². The van der Waals surface area contributed by atoms with Crippen LogP contribution in [0.15, 0.2) is 16.9 Å². The lowest BCUT2D eigenvalue weighted by Crippen LogP contribution is -2.80. The third kappa shape index (κ3) is 6.92. The number of amides is 1. The van der Waals surface area contributed by atoms with Crippen LogP contribution < -0.4 is 16.6 Å². The van der Waals surface area contributed by atoms with Crippen molar-refractivity contribution >= 4 is 29.3 Å². The average molecular weight is 652 g/mol. The lowest BCUT2D eigenvalue weighted by molar-refractivity contribution is -0.475. The van der Waals surface area contributed by atoms with Crippen LogP contribution in [0.5, 0.6) is 0 Å². The smallest absolute Gasteiger partial charge is 0.340 e. The summed E-state index contributed by atoms with van der Waals surface area (Å²) in [5.41, 5.74) is 7.12. The summed E-state index contributed by atoms with van der Waals surface area (Å²) < 4.78 is 44.9. The molecule has 2 atom stereocenters. The number of alkyl halides is 2. The van der Waals surface area contributed by atoms with E-state index in [1.807, 2.05) is 27.7 Å². The molecule has 1 amide bonds. The van der Waals surface area contributed by atoms with E-state index in [1.54, 1.807) is 17.6 Å². The molecule has 0 radical (unpaired) electrons. The van der Waals surface area contributed by atoms with Gasteiger partial charge in [-0.1, -0.05) is 27.7 Å². The lowest BCUT2D eigenvalue weighted by atomic mass is 9.85. The fourth-order valence-corrected chi connectivity index (χ4v) is 5.45. The maximum absolute atomic E-state index is 14.5. The molecule has 2 aliphatic heterocycles. The first kappa shape index (κ1) is 37.9. The van der Waals surface area contributed by atoms with Crippen LogP contribution >= 0.6 is 0 Å². The van der Waals surface area contributed by atoms with Crippen molar-refractivity contribution in [2.75, 3.05) is 7.05 Å². The highest BCUT2D eigenvalue weighted by molar-refractivity contribution is 5.92. The maximum Gasteiger partial charge on any atom is 0.340 e. The number of hydrogen-bond acceptors (Lipinski definition) is 7. The maximum atomic E-state index is 14.5. The van der Waals surface area contributed by atoms with Crippen molar-refractivity contribution in [1.29, 1.82) is 0 Å². The van der Waals surface area contributed by atoms with Gasteiger partial charge in [-0.2, -0.15) is 0 Å². The Hall–Kier alpha value is -4.30. The van der Waals surface area contributed by atoms with Crippen molar-refractivity contribution in [2.45, 2.75) is 92.0 Å². The van der Waals surface area contributed by atoms with E-state index in [-0.39, 0.29) is 30.0 Å². The number of aliphatic hydroxyl groups is 1. The standard InChI is InChI=1S/C22H17FN2O4.C5H10F2N2O.2C2H6.CH2O2/c1-9-10-3-2-4-11-13-7-25-17(19(13)24-16(18(10)11)6-15(9)23)5-12-14(21(25)27)8-29-22(28)20(12)26;1-5(8,3(6)7)4(10)9-2;2*1-2;2-1-3/h5-6,20,26H,2-4,7-8H2,1H3;3H,8H2,1-2H3,(H,9,10);2*1-2H3;1H,(H,2,3)/p+1. The fourth-order valence-electron chi connectivity index (χ4n) is 5.45. The van der Waals surface area contributed by atoms with Crippen molar-refractivity contribution in [1.82, 2.24) is 14.9 Å². The average Bonchev–Trinajstić information content (AvgIpc) is 3.43. The first-order valence-corrected chi connectivity index (χ1v) is 15.0. The monoisotopic (exact) mass is 651 g/mol. The van der Waals surface area contributed by atoms with Gasteiger partial charge in [0.15, 0.2) is 6.10 Å². The summed E-state index contributed by atoms with van der Waals surface area (Å²) in [4.78, 5) is 48.6. The number of aromatic nitrogens is 2. The van der Waals surface area contributed by atoms with E-state index in [0.717, 1.165) is 48.3 Å². The zero-order valence-corrected chi connectivity index (χ0v) is 27.1. The summed E-state index contributed by atoms with van der Waals surface area (Å²) in [6, 6.07) is 3.13. The number of esters is 1. The number of aliphatic hydroxyl groups excluding tert-OH is 1. The Bertz CT molecular complexity index is 1670. The number of nitrogens with zero attached hydrogens (tertiary/aromatic N) is 2. The Balaban J connectivity index is 0.000000367. The van der Waals surface area contributed by atoms with E-state index >= 15 is 0 Å². The molecule has 2 unspecified atom stereocenters. The number of cyclic esters (lactones) is 1. The van der Waals surface area contributed by atoms with Crippen molar-refractivity contribution in [3.63, 3.8) is 0 Å². The number of ether oxygens (including phenoxy) is 1. The number of quaternary nitrogens is 1. The second-order valence-electron chi connectivity index (χ2n) is 10.4. The molecule has 252 valence electrons. The molecule has 6 rings (SSSR count). The van der Waals surface area contributed by atoms with E-state index in [9.17, 15) is 32.7 Å². The zero-order chi connectivity index (χ0) is 35.1. The summed E-state index contributed by atoms with van der Waals surface area (Å²) in [6.07, 6.45) is -1.61. The Labute approximate surface area is 264 Å². The van der Waals surface area contributed by atoms with E-state index in [1.165, 1.54) is 13.1 Å². The Morgan fingerprint density at radius 1 is 1.15 bits per heavy atom. The van der Waals surface area contributed by atoms with Crippen LogP contribution in [-0.4, -0.2) is 57.1 Å². The third-order valence-electron chi connectivity index (χ3n) is 7.77. The summed E-state index contributed by atoms with van der Waals surface area (Å²) >= 11 is 0. The predicted octanol–water partition coefficient (Wildman–Crippen LogP) is 3.20. The molecule has 3 aliphatic rings. The molecule has 0 fully saturated rings. The number of pyridine rings is 2. The van der Waals surface area contributed by atoms with Gasteiger partial charge in [-0.15, -0.1) is 0 Å². The van der Waals surface area contributed by atoms with E-state index in [4.69, 9.17) is 19.6 Å². The second kappa shape index (κ2) is 15.8. The molecular formula is C32H42F3N4O7+. The molecule has 3 aromatic rings. The molecule has 46 heavy (non-hydrogen) atoms. The molecule has 4 heterocycles. The van der Waals surface area contributed by atoms with Crippen molar-refractivity contribution in [2.24, 2.45) is 0 Å². The minimum absolute atomic E-state index is 0.141. The van der Waals surface area contributed by atoms with Crippen molar-refractivity contribution in [3.8, 4) is 11.4 Å². The van der Waals surface area contributed by atoms with Gasteiger partial charge in [-0.25, -0.2) is 22.9 Å². The summed E-state index contributed by atoms with van der Waals surface area (Å²) in [5, 5.41) is 20.2. The topological polar surface area (TPSA) is 175 Å². The molecule has 6 N–H and O–H groups in total. The van der Waals surface area contributed by atoms with Gasteiger partial charge in [-0.05, 0) is 48.9 Å². The number of aryl methyl sites for hydroxylation is 2. The van der Waals surface area contributed by atoms with Crippen LogP contribution in [0.4, 0.5) is 13.2 Å². The van der Waals surface area contributed by atoms with Crippen molar-refractivity contribution < 1.29 is 48.2 Å². The molecule has 0 saturated carbocycles. The van der Waals surface area contributed by atoms with Gasteiger partial charge in [0, 0.05) is 36.6 Å². The number of carbonyl (C=O) groups is 3. The third-order valence-corrected chi connectivity index (χ3v) is 7.77. The van der Waals surface area contributed by atoms with Crippen LogP contribution in [-0.2, 0) is 45.1 Å². The number of likely N-dealkylation sites (N-methyl/N-ethyl adjacent to an activating group) is 1. The van der Waals surface area contributed by atoms with Crippen LogP contribution in [0.3, 0.4) is 0 Å². The Morgan fingerprint density at radius 2 is 1.74 bits per heavy atom. The number of rotatable bonds is 2. The second-order valence-corrected chi connectivity index (χ2v) is 10.4. The van der Waals surface area contributed by atoms with Crippen LogP contribution in [0.1, 0.15) is 80.5 Å². The SMILES string of the molecule is CC.CC.CNC(=O)C(C)([NH3+])C(F)F.Cc1c(F)cc2nc3c(c4c2c1CCC4)Cn1c-3cc2c(c1=O)COC(=O)C2O.O=CO. The van der Waals surface area contributed by atoms with E-state index < -0.39 is 29.9 Å². The molecule has 0 saturated heterocycles. The van der Waals surface area contributed by atoms with Gasteiger partial charge in [0.2, 0.25) is 5.54 Å². The van der Waals surface area contributed by atoms with Crippen LogP contribution in [0, 0.1) is 12.7 Å². The Morgan fingerprint density at radius 3 is 2.28 bits per heavy atom. The molecule has 1 aromatic carbocycles. The van der Waals surface area contributed by atoms with Gasteiger partial charge < -0.3 is 30.6 Å². The zero-order valence-electron chi connectivity index (χ0n) is 27.1. The van der Waals surface area contributed by atoms with Gasteiger partial charge in [-0.3, -0.25) is 14.4 Å². The highest BCUT2D eigenvalue weighted by Crippen LogP contribution is 2.42. The first-order chi connectivity index (χ1) is 21.8. The first-order valence-electron chi connectivity index (χ1n) is 15.0. The number of nitrogens with one attached hydrogen (secondary N) is 1. The fraction of sp³-hybridized carbons (Fsp3) is 0.469. The quantitative estimate of drug-likeness (QED) is 0.189.